The fourth-order valence-corrected chi connectivity index (χ4v) is 3.67. The van der Waals surface area contributed by atoms with E-state index in [0.29, 0.717) is 12.1 Å². The van der Waals surface area contributed by atoms with Crippen molar-refractivity contribution in [3.05, 3.63) is 48.2 Å². The molecule has 3 aliphatic heterocycles. The number of piperidine rings is 1. The Hall–Kier alpha value is -2.01. The van der Waals surface area contributed by atoms with Gasteiger partial charge in [-0.1, -0.05) is 6.92 Å². The largest absolute Gasteiger partial charge is 0.348 e. The van der Waals surface area contributed by atoms with Crippen LogP contribution in [0.1, 0.15) is 24.6 Å². The standard InChI is InChI=1S/C17H21N5/c1-2-14-7-17(20-12-19-14)22-15-8-16(22)11-21(10-15)9-13-3-5-18-6-4-13/h3-7,12,15-16H,2,8-11H2,1H3. The van der Waals surface area contributed by atoms with Gasteiger partial charge in [0.15, 0.2) is 0 Å². The van der Waals surface area contributed by atoms with E-state index in [-0.39, 0.29) is 0 Å². The molecule has 5 nitrogen and oxygen atoms in total. The number of hydrogen-bond donors (Lipinski definition) is 0. The van der Waals surface area contributed by atoms with Crippen molar-refractivity contribution < 1.29 is 0 Å². The van der Waals surface area contributed by atoms with Crippen LogP contribution in [0.3, 0.4) is 0 Å². The van der Waals surface area contributed by atoms with Gasteiger partial charge in [0.2, 0.25) is 0 Å². The van der Waals surface area contributed by atoms with Gasteiger partial charge in [-0.2, -0.15) is 0 Å². The Bertz CT molecular complexity index is 633. The first-order valence-electron chi connectivity index (χ1n) is 8.04. The lowest BCUT2D eigenvalue weighted by atomic mass is 9.87. The van der Waals surface area contributed by atoms with Crippen LogP contribution < -0.4 is 4.90 Å². The molecule has 0 radical (unpaired) electrons. The monoisotopic (exact) mass is 295 g/mol. The molecule has 114 valence electrons. The van der Waals surface area contributed by atoms with E-state index in [4.69, 9.17) is 0 Å². The molecule has 2 aromatic heterocycles. The Morgan fingerprint density at radius 3 is 2.64 bits per heavy atom. The van der Waals surface area contributed by atoms with Gasteiger partial charge in [0.05, 0.1) is 0 Å². The molecule has 3 fully saturated rings. The van der Waals surface area contributed by atoms with Gasteiger partial charge in [-0.05, 0) is 30.5 Å². The third-order valence-electron chi connectivity index (χ3n) is 4.76. The van der Waals surface area contributed by atoms with Crippen molar-refractivity contribution in [3.8, 4) is 0 Å². The smallest absolute Gasteiger partial charge is 0.132 e. The van der Waals surface area contributed by atoms with Crippen LogP contribution >= 0.6 is 0 Å². The Kier molecular flexibility index (Phi) is 3.50. The molecule has 3 aliphatic rings. The highest BCUT2D eigenvalue weighted by Gasteiger charge is 2.45. The molecular formula is C17H21N5. The number of fused-ring (bicyclic) bond motifs is 2. The number of rotatable bonds is 4. The molecule has 0 aromatic carbocycles. The number of nitrogens with zero attached hydrogens (tertiary/aromatic N) is 5. The number of aryl methyl sites for hydroxylation is 1. The van der Waals surface area contributed by atoms with Crippen molar-refractivity contribution in [2.45, 2.75) is 38.4 Å². The summed E-state index contributed by atoms with van der Waals surface area (Å²) in [6.45, 7) is 5.39. The van der Waals surface area contributed by atoms with Crippen molar-refractivity contribution in [2.24, 2.45) is 0 Å². The molecule has 5 heterocycles. The zero-order valence-electron chi connectivity index (χ0n) is 12.9. The third kappa shape index (κ3) is 2.46. The molecule has 2 aromatic rings. The van der Waals surface area contributed by atoms with E-state index in [1.54, 1.807) is 6.33 Å². The molecule has 0 amide bonds. The van der Waals surface area contributed by atoms with E-state index in [2.05, 4.69) is 49.9 Å². The third-order valence-corrected chi connectivity index (χ3v) is 4.76. The Balaban J connectivity index is 1.44. The van der Waals surface area contributed by atoms with Crippen LogP contribution in [-0.4, -0.2) is 45.0 Å². The molecule has 0 aliphatic carbocycles. The summed E-state index contributed by atoms with van der Waals surface area (Å²) >= 11 is 0. The first-order valence-corrected chi connectivity index (χ1v) is 8.04. The molecular weight excluding hydrogens is 274 g/mol. The molecule has 2 atom stereocenters. The second-order valence-corrected chi connectivity index (χ2v) is 6.22. The van der Waals surface area contributed by atoms with Gasteiger partial charge in [0, 0.05) is 55.9 Å². The number of pyridine rings is 1. The number of aromatic nitrogens is 3. The normalized spacial score (nSPS) is 24.1. The minimum absolute atomic E-state index is 0.597. The average Bonchev–Trinajstić information content (AvgIpc) is 2.56. The van der Waals surface area contributed by atoms with Crippen LogP contribution in [0.4, 0.5) is 5.82 Å². The zero-order valence-corrected chi connectivity index (χ0v) is 12.9. The second kappa shape index (κ2) is 5.65. The van der Waals surface area contributed by atoms with Crippen LogP contribution in [0.2, 0.25) is 0 Å². The summed E-state index contributed by atoms with van der Waals surface area (Å²) in [7, 11) is 0. The summed E-state index contributed by atoms with van der Waals surface area (Å²) < 4.78 is 0. The lowest BCUT2D eigenvalue weighted by Gasteiger charge is -2.57. The van der Waals surface area contributed by atoms with Crippen LogP contribution in [0.5, 0.6) is 0 Å². The molecule has 5 rings (SSSR count). The van der Waals surface area contributed by atoms with Crippen molar-refractivity contribution in [3.63, 3.8) is 0 Å². The maximum atomic E-state index is 4.49. The predicted octanol–water partition coefficient (Wildman–Crippen LogP) is 1.90. The quantitative estimate of drug-likeness (QED) is 0.862. The summed E-state index contributed by atoms with van der Waals surface area (Å²) in [6.07, 6.45) is 7.71. The Labute approximate surface area is 131 Å². The van der Waals surface area contributed by atoms with Crippen LogP contribution in [-0.2, 0) is 13.0 Å². The molecule has 0 spiro atoms. The van der Waals surface area contributed by atoms with Gasteiger partial charge in [-0.3, -0.25) is 9.88 Å². The van der Waals surface area contributed by atoms with Crippen molar-refractivity contribution >= 4 is 5.82 Å². The minimum Gasteiger partial charge on any atom is -0.348 e. The SMILES string of the molecule is CCc1cc(N2C3CC2CN(Cc2ccncc2)C3)ncn1. The van der Waals surface area contributed by atoms with Crippen LogP contribution in [0, 0.1) is 0 Å². The second-order valence-electron chi connectivity index (χ2n) is 6.22. The zero-order chi connectivity index (χ0) is 14.9. The molecule has 2 unspecified atom stereocenters. The number of anilines is 1. The molecule has 3 saturated heterocycles. The van der Waals surface area contributed by atoms with Crippen molar-refractivity contribution in [1.82, 2.24) is 19.9 Å². The Morgan fingerprint density at radius 2 is 1.91 bits per heavy atom. The van der Waals surface area contributed by atoms with E-state index in [1.807, 2.05) is 12.4 Å². The van der Waals surface area contributed by atoms with E-state index in [0.717, 1.165) is 37.6 Å². The van der Waals surface area contributed by atoms with E-state index in [9.17, 15) is 0 Å². The van der Waals surface area contributed by atoms with Gasteiger partial charge >= 0.3 is 0 Å². The lowest BCUT2D eigenvalue weighted by molar-refractivity contribution is 0.108. The Morgan fingerprint density at radius 1 is 1.14 bits per heavy atom. The van der Waals surface area contributed by atoms with Gasteiger partial charge in [-0.25, -0.2) is 9.97 Å². The molecule has 22 heavy (non-hydrogen) atoms. The highest BCUT2D eigenvalue weighted by Crippen LogP contribution is 2.36. The number of hydrogen-bond acceptors (Lipinski definition) is 5. The summed E-state index contributed by atoms with van der Waals surface area (Å²) in [4.78, 5) is 17.9. The molecule has 2 bridgehead atoms. The maximum absolute atomic E-state index is 4.49. The average molecular weight is 295 g/mol. The minimum atomic E-state index is 0.597. The van der Waals surface area contributed by atoms with Crippen molar-refractivity contribution in [2.75, 3.05) is 18.0 Å². The highest BCUT2D eigenvalue weighted by atomic mass is 15.4. The maximum Gasteiger partial charge on any atom is 0.132 e. The molecule has 0 saturated carbocycles. The summed E-state index contributed by atoms with van der Waals surface area (Å²) in [5, 5.41) is 0. The number of piperazine rings is 1. The fraction of sp³-hybridized carbons (Fsp3) is 0.471. The van der Waals surface area contributed by atoms with E-state index >= 15 is 0 Å². The lowest BCUT2D eigenvalue weighted by Crippen LogP contribution is -2.69. The van der Waals surface area contributed by atoms with Gasteiger partial charge in [-0.15, -0.1) is 0 Å². The van der Waals surface area contributed by atoms with Gasteiger partial charge in [0.25, 0.3) is 0 Å². The van der Waals surface area contributed by atoms with E-state index < -0.39 is 0 Å². The summed E-state index contributed by atoms with van der Waals surface area (Å²) in [6, 6.07) is 7.56. The molecule has 0 N–H and O–H groups in total. The highest BCUT2D eigenvalue weighted by molar-refractivity contribution is 5.47. The predicted molar refractivity (Wildman–Crippen MR) is 85.6 cm³/mol. The van der Waals surface area contributed by atoms with Crippen LogP contribution in [0.25, 0.3) is 0 Å². The fourth-order valence-electron chi connectivity index (χ4n) is 3.67. The summed E-state index contributed by atoms with van der Waals surface area (Å²) in [5.41, 5.74) is 2.47. The topological polar surface area (TPSA) is 45.2 Å². The summed E-state index contributed by atoms with van der Waals surface area (Å²) in [5.74, 6) is 1.11. The van der Waals surface area contributed by atoms with Gasteiger partial charge < -0.3 is 4.90 Å². The molecule has 5 heteroatoms. The first kappa shape index (κ1) is 13.6. The van der Waals surface area contributed by atoms with Crippen LogP contribution in [0.15, 0.2) is 36.9 Å². The first-order chi connectivity index (χ1) is 10.8. The van der Waals surface area contributed by atoms with Gasteiger partial charge in [0.1, 0.15) is 12.1 Å². The van der Waals surface area contributed by atoms with Crippen molar-refractivity contribution in [1.29, 1.82) is 0 Å². The van der Waals surface area contributed by atoms with E-state index in [1.165, 1.54) is 12.0 Å².